The van der Waals surface area contributed by atoms with Gasteiger partial charge in [0.05, 0.1) is 18.1 Å². The van der Waals surface area contributed by atoms with Crippen molar-refractivity contribution in [1.82, 2.24) is 14.5 Å². The predicted molar refractivity (Wildman–Crippen MR) is 87.0 cm³/mol. The molecule has 0 aromatic carbocycles. The maximum atomic E-state index is 12.3. The molecule has 0 saturated carbocycles. The van der Waals surface area contributed by atoms with Crippen molar-refractivity contribution in [2.24, 2.45) is 0 Å². The first-order valence-corrected chi connectivity index (χ1v) is 8.19. The van der Waals surface area contributed by atoms with E-state index in [1.807, 2.05) is 20.8 Å². The van der Waals surface area contributed by atoms with Gasteiger partial charge >= 0.3 is 6.09 Å². The minimum Gasteiger partial charge on any atom is -0.444 e. The van der Waals surface area contributed by atoms with E-state index in [9.17, 15) is 9.59 Å². The van der Waals surface area contributed by atoms with E-state index in [-0.39, 0.29) is 17.7 Å². The van der Waals surface area contributed by atoms with Gasteiger partial charge in [-0.15, -0.1) is 0 Å². The molecule has 0 aliphatic carbocycles. The first-order chi connectivity index (χ1) is 10.2. The van der Waals surface area contributed by atoms with Gasteiger partial charge in [-0.3, -0.25) is 9.36 Å². The highest BCUT2D eigenvalue weighted by atomic mass is 79.9. The van der Waals surface area contributed by atoms with Gasteiger partial charge in [0.25, 0.3) is 5.56 Å². The fraction of sp³-hybridized carbons (Fsp3) is 0.667. The standard InChI is InChI=1S/C15H22BrN3O3/c1-10-12(16)13(20)19(9-17-10)11-6-5-7-18(8-11)14(21)22-15(2,3)4/h9,11H,5-8H2,1-4H3/t11-/m1/s1. The van der Waals surface area contributed by atoms with Gasteiger partial charge in [-0.25, -0.2) is 9.78 Å². The molecule has 122 valence electrons. The highest BCUT2D eigenvalue weighted by Gasteiger charge is 2.29. The molecule has 1 aromatic heterocycles. The number of piperidine rings is 1. The smallest absolute Gasteiger partial charge is 0.410 e. The number of hydrogen-bond donors (Lipinski definition) is 0. The fourth-order valence-electron chi connectivity index (χ4n) is 2.46. The highest BCUT2D eigenvalue weighted by Crippen LogP contribution is 2.22. The van der Waals surface area contributed by atoms with Gasteiger partial charge in [0, 0.05) is 13.1 Å². The number of carbonyl (C=O) groups excluding carboxylic acids is 1. The molecule has 2 heterocycles. The third-order valence-electron chi connectivity index (χ3n) is 3.56. The highest BCUT2D eigenvalue weighted by molar-refractivity contribution is 9.10. The summed E-state index contributed by atoms with van der Waals surface area (Å²) in [6.45, 7) is 8.43. The lowest BCUT2D eigenvalue weighted by atomic mass is 10.1. The topological polar surface area (TPSA) is 64.4 Å². The lowest BCUT2D eigenvalue weighted by molar-refractivity contribution is 0.0170. The molecule has 0 bridgehead atoms. The summed E-state index contributed by atoms with van der Waals surface area (Å²) in [7, 11) is 0. The Morgan fingerprint density at radius 2 is 2.14 bits per heavy atom. The number of hydrogen-bond acceptors (Lipinski definition) is 4. The molecule has 0 unspecified atom stereocenters. The summed E-state index contributed by atoms with van der Waals surface area (Å²) in [6, 6.07) is -0.0711. The van der Waals surface area contributed by atoms with Crippen molar-refractivity contribution in [2.75, 3.05) is 13.1 Å². The number of halogens is 1. The quantitative estimate of drug-likeness (QED) is 0.761. The Bertz CT molecular complexity index is 621. The van der Waals surface area contributed by atoms with Crippen LogP contribution in [0.15, 0.2) is 15.6 Å². The van der Waals surface area contributed by atoms with Crippen molar-refractivity contribution in [3.8, 4) is 0 Å². The Morgan fingerprint density at radius 3 is 2.77 bits per heavy atom. The van der Waals surface area contributed by atoms with Gasteiger partial charge in [-0.2, -0.15) is 0 Å². The van der Waals surface area contributed by atoms with Gasteiger partial charge < -0.3 is 9.64 Å². The molecule has 0 radical (unpaired) electrons. The summed E-state index contributed by atoms with van der Waals surface area (Å²) in [5, 5.41) is 0. The average Bonchev–Trinajstić information content (AvgIpc) is 2.43. The van der Waals surface area contributed by atoms with Crippen molar-refractivity contribution >= 4 is 22.0 Å². The molecule has 7 heteroatoms. The molecule has 1 fully saturated rings. The predicted octanol–water partition coefficient (Wildman–Crippen LogP) is 2.89. The Balaban J connectivity index is 2.16. The number of aromatic nitrogens is 2. The van der Waals surface area contributed by atoms with Gasteiger partial charge in [0.1, 0.15) is 10.1 Å². The third-order valence-corrected chi connectivity index (χ3v) is 4.47. The lowest BCUT2D eigenvalue weighted by Crippen LogP contribution is -2.45. The maximum Gasteiger partial charge on any atom is 0.410 e. The number of amides is 1. The molecule has 1 aromatic rings. The van der Waals surface area contributed by atoms with Crippen LogP contribution in [0.3, 0.4) is 0 Å². The number of ether oxygens (including phenoxy) is 1. The van der Waals surface area contributed by atoms with E-state index < -0.39 is 5.60 Å². The summed E-state index contributed by atoms with van der Waals surface area (Å²) in [6.07, 6.45) is 2.91. The Labute approximate surface area is 138 Å². The number of aryl methyl sites for hydroxylation is 1. The second kappa shape index (κ2) is 6.40. The molecule has 1 amide bonds. The number of rotatable bonds is 1. The van der Waals surface area contributed by atoms with Gasteiger partial charge in [0.15, 0.2) is 0 Å². The van der Waals surface area contributed by atoms with Crippen LogP contribution < -0.4 is 5.56 Å². The number of carbonyl (C=O) groups is 1. The molecule has 22 heavy (non-hydrogen) atoms. The van der Waals surface area contributed by atoms with Crippen LogP contribution in [-0.4, -0.2) is 39.2 Å². The Morgan fingerprint density at radius 1 is 1.45 bits per heavy atom. The van der Waals surface area contributed by atoms with Crippen LogP contribution in [0, 0.1) is 6.92 Å². The molecule has 1 aliphatic rings. The molecular formula is C15H22BrN3O3. The second-order valence-electron chi connectivity index (χ2n) is 6.58. The molecule has 2 rings (SSSR count). The number of nitrogens with zero attached hydrogens (tertiary/aromatic N) is 3. The Hall–Kier alpha value is -1.37. The fourth-order valence-corrected chi connectivity index (χ4v) is 2.77. The molecule has 0 spiro atoms. The number of likely N-dealkylation sites (tertiary alicyclic amines) is 1. The van der Waals surface area contributed by atoms with Crippen molar-refractivity contribution in [3.05, 3.63) is 26.8 Å². The van der Waals surface area contributed by atoms with Crippen LogP contribution in [0.2, 0.25) is 0 Å². The van der Waals surface area contributed by atoms with Crippen LogP contribution in [0.1, 0.15) is 45.3 Å². The van der Waals surface area contributed by atoms with Crippen molar-refractivity contribution < 1.29 is 9.53 Å². The van der Waals surface area contributed by atoms with Crippen molar-refractivity contribution in [3.63, 3.8) is 0 Å². The summed E-state index contributed by atoms with van der Waals surface area (Å²) >= 11 is 3.28. The summed E-state index contributed by atoms with van der Waals surface area (Å²) in [5.74, 6) is 0. The zero-order valence-electron chi connectivity index (χ0n) is 13.4. The summed E-state index contributed by atoms with van der Waals surface area (Å²) in [5.41, 5.74) is 0.0413. The molecule has 1 aliphatic heterocycles. The van der Waals surface area contributed by atoms with Crippen LogP contribution in [0.25, 0.3) is 0 Å². The zero-order chi connectivity index (χ0) is 16.5. The van der Waals surface area contributed by atoms with Crippen LogP contribution >= 0.6 is 15.9 Å². The van der Waals surface area contributed by atoms with E-state index in [1.54, 1.807) is 22.7 Å². The monoisotopic (exact) mass is 371 g/mol. The van der Waals surface area contributed by atoms with Crippen LogP contribution in [0.4, 0.5) is 4.79 Å². The Kier molecular flexibility index (Phi) is 4.94. The molecular weight excluding hydrogens is 350 g/mol. The van der Waals surface area contributed by atoms with E-state index in [4.69, 9.17) is 4.74 Å². The third kappa shape index (κ3) is 3.88. The van der Waals surface area contributed by atoms with Gasteiger partial charge in [-0.05, 0) is 56.5 Å². The second-order valence-corrected chi connectivity index (χ2v) is 7.37. The first kappa shape index (κ1) is 17.0. The van der Waals surface area contributed by atoms with E-state index >= 15 is 0 Å². The lowest BCUT2D eigenvalue weighted by Gasteiger charge is -2.34. The van der Waals surface area contributed by atoms with Crippen LogP contribution in [-0.2, 0) is 4.74 Å². The maximum absolute atomic E-state index is 12.3. The molecule has 1 saturated heterocycles. The minimum absolute atomic E-state index is 0.0711. The normalized spacial score (nSPS) is 19.1. The molecule has 0 N–H and O–H groups in total. The first-order valence-electron chi connectivity index (χ1n) is 7.40. The van der Waals surface area contributed by atoms with Crippen molar-refractivity contribution in [2.45, 2.75) is 52.2 Å². The van der Waals surface area contributed by atoms with E-state index in [2.05, 4.69) is 20.9 Å². The SMILES string of the molecule is Cc1ncn([C@@H]2CCCN(C(=O)OC(C)(C)C)C2)c(=O)c1Br. The minimum atomic E-state index is -0.519. The molecule has 1 atom stereocenters. The average molecular weight is 372 g/mol. The molecule has 6 nitrogen and oxygen atoms in total. The van der Waals surface area contributed by atoms with Crippen LogP contribution in [0.5, 0.6) is 0 Å². The van der Waals surface area contributed by atoms with E-state index in [0.717, 1.165) is 12.8 Å². The summed E-state index contributed by atoms with van der Waals surface area (Å²) in [4.78, 5) is 30.4. The van der Waals surface area contributed by atoms with E-state index in [0.29, 0.717) is 23.3 Å². The van der Waals surface area contributed by atoms with Gasteiger partial charge in [-0.1, -0.05) is 0 Å². The zero-order valence-corrected chi connectivity index (χ0v) is 15.0. The largest absolute Gasteiger partial charge is 0.444 e. The van der Waals surface area contributed by atoms with Crippen molar-refractivity contribution in [1.29, 1.82) is 0 Å². The van der Waals surface area contributed by atoms with Gasteiger partial charge in [0.2, 0.25) is 0 Å². The van der Waals surface area contributed by atoms with E-state index in [1.165, 1.54) is 0 Å². The summed E-state index contributed by atoms with van der Waals surface area (Å²) < 4.78 is 7.49.